The number of aliphatic hydroxyl groups excluding tert-OH is 1. The van der Waals surface area contributed by atoms with Crippen LogP contribution in [0.4, 0.5) is 4.39 Å². The van der Waals surface area contributed by atoms with E-state index in [9.17, 15) is 4.39 Å². The van der Waals surface area contributed by atoms with Gasteiger partial charge in [-0.25, -0.2) is 4.39 Å². The summed E-state index contributed by atoms with van der Waals surface area (Å²) < 4.78 is 13.5. The molecule has 4 nitrogen and oxygen atoms in total. The summed E-state index contributed by atoms with van der Waals surface area (Å²) in [7, 11) is 0. The molecule has 3 N–H and O–H groups in total. The van der Waals surface area contributed by atoms with E-state index >= 15 is 0 Å². The van der Waals surface area contributed by atoms with E-state index in [4.69, 9.17) is 23.1 Å². The molecule has 110 valence electrons. The summed E-state index contributed by atoms with van der Waals surface area (Å²) in [5.74, 6) is -0.302. The van der Waals surface area contributed by atoms with E-state index in [1.165, 1.54) is 12.1 Å². The third-order valence-corrected chi connectivity index (χ3v) is 3.77. The van der Waals surface area contributed by atoms with E-state index in [2.05, 4.69) is 9.80 Å². The molecule has 0 unspecified atom stereocenters. The molecule has 1 heterocycles. The minimum absolute atomic E-state index is 0.196. The largest absolute Gasteiger partial charge is 0.395 e. The molecule has 20 heavy (non-hydrogen) atoms. The minimum atomic E-state index is -0.302. The van der Waals surface area contributed by atoms with Gasteiger partial charge < -0.3 is 10.8 Å². The van der Waals surface area contributed by atoms with Crippen LogP contribution in [0.25, 0.3) is 0 Å². The first-order valence-electron chi connectivity index (χ1n) is 6.73. The zero-order valence-corrected chi connectivity index (χ0v) is 12.2. The van der Waals surface area contributed by atoms with Gasteiger partial charge in [0.2, 0.25) is 0 Å². The van der Waals surface area contributed by atoms with Crippen LogP contribution in [-0.4, -0.2) is 59.2 Å². The number of nitrogens with two attached hydrogens (primary N) is 1. The lowest BCUT2D eigenvalue weighted by Gasteiger charge is -2.34. The Kier molecular flexibility index (Phi) is 5.42. The molecule has 1 aliphatic rings. The molecule has 0 radical (unpaired) electrons. The molecule has 1 aromatic carbocycles. The van der Waals surface area contributed by atoms with E-state index in [0.29, 0.717) is 12.1 Å². The number of nitrogens with zero attached hydrogens (tertiary/aromatic N) is 2. The molecule has 1 aliphatic heterocycles. The van der Waals surface area contributed by atoms with Crippen molar-refractivity contribution in [3.8, 4) is 0 Å². The predicted molar refractivity (Wildman–Crippen MR) is 81.1 cm³/mol. The Labute approximate surface area is 124 Å². The Morgan fingerprint density at radius 1 is 1.20 bits per heavy atom. The van der Waals surface area contributed by atoms with Crippen LogP contribution in [0.1, 0.15) is 11.1 Å². The van der Waals surface area contributed by atoms with Crippen molar-refractivity contribution in [3.05, 3.63) is 35.1 Å². The number of piperazine rings is 1. The van der Waals surface area contributed by atoms with Crippen molar-refractivity contribution in [1.29, 1.82) is 0 Å². The monoisotopic (exact) mass is 297 g/mol. The van der Waals surface area contributed by atoms with Gasteiger partial charge in [-0.1, -0.05) is 12.2 Å². The Hall–Kier alpha value is -1.08. The Bertz CT molecular complexity index is 475. The third-order valence-electron chi connectivity index (χ3n) is 3.53. The van der Waals surface area contributed by atoms with E-state index in [1.54, 1.807) is 0 Å². The first-order valence-corrected chi connectivity index (χ1v) is 7.14. The molecule has 0 atom stereocenters. The van der Waals surface area contributed by atoms with Crippen LogP contribution >= 0.6 is 12.2 Å². The van der Waals surface area contributed by atoms with Crippen molar-refractivity contribution in [3.63, 3.8) is 0 Å². The second kappa shape index (κ2) is 7.08. The highest BCUT2D eigenvalue weighted by Gasteiger charge is 2.16. The van der Waals surface area contributed by atoms with Crippen molar-refractivity contribution in [2.24, 2.45) is 5.73 Å². The molecule has 6 heteroatoms. The van der Waals surface area contributed by atoms with Gasteiger partial charge in [0, 0.05) is 44.8 Å². The minimum Gasteiger partial charge on any atom is -0.395 e. The van der Waals surface area contributed by atoms with E-state index in [0.717, 1.165) is 38.3 Å². The summed E-state index contributed by atoms with van der Waals surface area (Å²) in [5.41, 5.74) is 7.03. The molecule has 0 aromatic heterocycles. The van der Waals surface area contributed by atoms with Crippen LogP contribution in [0.2, 0.25) is 0 Å². The van der Waals surface area contributed by atoms with Crippen molar-refractivity contribution in [2.45, 2.75) is 6.54 Å². The van der Waals surface area contributed by atoms with Crippen molar-refractivity contribution in [2.75, 3.05) is 39.3 Å². The maximum atomic E-state index is 13.5. The number of β-amino-alcohol motifs (C(OH)–C–C–N with tert-alkyl or cyclic N) is 1. The maximum Gasteiger partial charge on any atom is 0.124 e. The van der Waals surface area contributed by atoms with Gasteiger partial charge >= 0.3 is 0 Å². The number of thiocarbonyl (C=S) groups is 1. The summed E-state index contributed by atoms with van der Waals surface area (Å²) in [6.07, 6.45) is 0. The van der Waals surface area contributed by atoms with Crippen LogP contribution in [0.5, 0.6) is 0 Å². The van der Waals surface area contributed by atoms with Crippen LogP contribution in [0.3, 0.4) is 0 Å². The van der Waals surface area contributed by atoms with Gasteiger partial charge in [-0.3, -0.25) is 9.80 Å². The molecule has 1 fully saturated rings. The Morgan fingerprint density at radius 3 is 2.45 bits per heavy atom. The van der Waals surface area contributed by atoms with Crippen LogP contribution in [-0.2, 0) is 6.54 Å². The van der Waals surface area contributed by atoms with Gasteiger partial charge in [0.25, 0.3) is 0 Å². The van der Waals surface area contributed by atoms with Crippen molar-refractivity contribution >= 4 is 17.2 Å². The molecule has 0 spiro atoms. The number of hydrogen-bond donors (Lipinski definition) is 2. The topological polar surface area (TPSA) is 52.7 Å². The number of benzene rings is 1. The second-order valence-electron chi connectivity index (χ2n) is 5.05. The first kappa shape index (κ1) is 15.3. The van der Waals surface area contributed by atoms with E-state index in [1.807, 2.05) is 6.07 Å². The summed E-state index contributed by atoms with van der Waals surface area (Å²) >= 11 is 4.90. The molecule has 0 amide bonds. The number of aliphatic hydroxyl groups is 1. The third kappa shape index (κ3) is 4.21. The molecule has 2 rings (SSSR count). The quantitative estimate of drug-likeness (QED) is 0.778. The number of hydrogen-bond acceptors (Lipinski definition) is 4. The molecular formula is C14H20FN3OS. The van der Waals surface area contributed by atoms with E-state index in [-0.39, 0.29) is 17.4 Å². The normalized spacial score (nSPS) is 17.3. The van der Waals surface area contributed by atoms with Gasteiger partial charge in [0.1, 0.15) is 10.8 Å². The lowest BCUT2D eigenvalue weighted by atomic mass is 10.1. The Balaban J connectivity index is 1.96. The van der Waals surface area contributed by atoms with Crippen molar-refractivity contribution in [1.82, 2.24) is 9.80 Å². The Morgan fingerprint density at radius 2 is 1.85 bits per heavy atom. The zero-order chi connectivity index (χ0) is 14.5. The second-order valence-corrected chi connectivity index (χ2v) is 5.49. The van der Waals surface area contributed by atoms with Gasteiger partial charge in [0.05, 0.1) is 6.61 Å². The van der Waals surface area contributed by atoms with Crippen molar-refractivity contribution < 1.29 is 9.50 Å². The SMILES string of the molecule is NC(=S)c1cc(F)cc(CN2CCN(CCO)CC2)c1. The van der Waals surface area contributed by atoms with Crippen LogP contribution < -0.4 is 5.73 Å². The average Bonchev–Trinajstić information content (AvgIpc) is 2.40. The number of halogens is 1. The smallest absolute Gasteiger partial charge is 0.124 e. The molecule has 0 aliphatic carbocycles. The fourth-order valence-electron chi connectivity index (χ4n) is 2.45. The van der Waals surface area contributed by atoms with Gasteiger partial charge in [-0.15, -0.1) is 0 Å². The van der Waals surface area contributed by atoms with Gasteiger partial charge in [-0.2, -0.15) is 0 Å². The molecule has 0 bridgehead atoms. The van der Waals surface area contributed by atoms with Crippen LogP contribution in [0.15, 0.2) is 18.2 Å². The summed E-state index contributed by atoms with van der Waals surface area (Å²) in [6, 6.07) is 4.75. The molecular weight excluding hydrogens is 277 g/mol. The highest BCUT2D eigenvalue weighted by molar-refractivity contribution is 7.80. The predicted octanol–water partition coefficient (Wildman–Crippen LogP) is 0.570. The fraction of sp³-hybridized carbons (Fsp3) is 0.500. The standard InChI is InChI=1S/C14H20FN3OS/c15-13-8-11(7-12(9-13)14(16)20)10-18-3-1-17(2-4-18)5-6-19/h7-9,19H,1-6,10H2,(H2,16,20). The molecule has 1 saturated heterocycles. The average molecular weight is 297 g/mol. The maximum absolute atomic E-state index is 13.5. The lowest BCUT2D eigenvalue weighted by Crippen LogP contribution is -2.46. The summed E-state index contributed by atoms with van der Waals surface area (Å²) in [6.45, 7) is 5.30. The molecule has 0 saturated carbocycles. The highest BCUT2D eigenvalue weighted by atomic mass is 32.1. The van der Waals surface area contributed by atoms with Crippen LogP contribution in [0, 0.1) is 5.82 Å². The summed E-state index contributed by atoms with van der Waals surface area (Å²) in [4.78, 5) is 4.72. The fourth-order valence-corrected chi connectivity index (χ4v) is 2.57. The van der Waals surface area contributed by atoms with E-state index < -0.39 is 0 Å². The molecule has 1 aromatic rings. The highest BCUT2D eigenvalue weighted by Crippen LogP contribution is 2.13. The zero-order valence-electron chi connectivity index (χ0n) is 11.4. The number of rotatable bonds is 5. The first-order chi connectivity index (χ1) is 9.58. The summed E-state index contributed by atoms with van der Waals surface area (Å²) in [5, 5.41) is 8.91. The van der Waals surface area contributed by atoms with Gasteiger partial charge in [0.15, 0.2) is 0 Å². The van der Waals surface area contributed by atoms with Gasteiger partial charge in [-0.05, 0) is 23.8 Å². The lowest BCUT2D eigenvalue weighted by molar-refractivity contribution is 0.108.